The van der Waals surface area contributed by atoms with E-state index in [1.54, 1.807) is 30.3 Å². The van der Waals surface area contributed by atoms with Gasteiger partial charge in [0, 0.05) is 22.9 Å². The van der Waals surface area contributed by atoms with Crippen molar-refractivity contribution in [2.45, 2.75) is 0 Å². The summed E-state index contributed by atoms with van der Waals surface area (Å²) in [6.07, 6.45) is 1.48. The van der Waals surface area contributed by atoms with Crippen LogP contribution in [0.1, 0.15) is 15.9 Å². The van der Waals surface area contributed by atoms with Gasteiger partial charge in [-0.1, -0.05) is 11.6 Å². The molecule has 0 fully saturated rings. The third-order valence-electron chi connectivity index (χ3n) is 3.63. The maximum absolute atomic E-state index is 12.8. The molecule has 25 heavy (non-hydrogen) atoms. The van der Waals surface area contributed by atoms with Gasteiger partial charge < -0.3 is 15.6 Å². The number of benzene rings is 2. The molecule has 3 rings (SSSR count). The van der Waals surface area contributed by atoms with Gasteiger partial charge in [-0.05, 0) is 42.5 Å². The van der Waals surface area contributed by atoms with Crippen LogP contribution in [0.4, 0.5) is 5.95 Å². The number of ether oxygens (including phenoxy) is 1. The number of anilines is 1. The van der Waals surface area contributed by atoms with Gasteiger partial charge in [0.1, 0.15) is 11.5 Å². The van der Waals surface area contributed by atoms with Crippen molar-refractivity contribution in [1.29, 1.82) is 0 Å². The highest BCUT2D eigenvalue weighted by Gasteiger charge is 2.16. The minimum absolute atomic E-state index is 0.0181. The van der Waals surface area contributed by atoms with E-state index < -0.39 is 0 Å². The van der Waals surface area contributed by atoms with Crippen molar-refractivity contribution in [3.05, 3.63) is 64.8 Å². The van der Waals surface area contributed by atoms with E-state index in [1.807, 2.05) is 0 Å². The summed E-state index contributed by atoms with van der Waals surface area (Å²) in [5.74, 6) is 0.336. The first kappa shape index (κ1) is 16.7. The number of rotatable bonds is 4. The molecule has 1 aromatic heterocycles. The summed E-state index contributed by atoms with van der Waals surface area (Å²) in [5, 5.41) is 10.4. The highest BCUT2D eigenvalue weighted by Crippen LogP contribution is 2.31. The SMILES string of the molecule is COc1ccc(C(=O)c2ccc(O)c(-c3ccnc(N)n3)c2)c(Cl)c1. The molecule has 7 heteroatoms. The van der Waals surface area contributed by atoms with Crippen molar-refractivity contribution in [2.24, 2.45) is 0 Å². The van der Waals surface area contributed by atoms with E-state index in [-0.39, 0.29) is 22.5 Å². The minimum atomic E-state index is -0.282. The zero-order chi connectivity index (χ0) is 18.0. The maximum atomic E-state index is 12.8. The molecule has 0 amide bonds. The van der Waals surface area contributed by atoms with Crippen LogP contribution in [0.25, 0.3) is 11.3 Å². The summed E-state index contributed by atoms with van der Waals surface area (Å²) in [6.45, 7) is 0. The highest BCUT2D eigenvalue weighted by atomic mass is 35.5. The molecular formula is C18H14ClN3O3. The molecule has 0 aliphatic heterocycles. The summed E-state index contributed by atoms with van der Waals surface area (Å²) in [4.78, 5) is 20.7. The average molecular weight is 356 g/mol. The second-order valence-electron chi connectivity index (χ2n) is 5.21. The van der Waals surface area contributed by atoms with E-state index in [9.17, 15) is 9.90 Å². The van der Waals surface area contributed by atoms with Gasteiger partial charge in [-0.25, -0.2) is 9.97 Å². The van der Waals surface area contributed by atoms with Gasteiger partial charge in [0.05, 0.1) is 17.8 Å². The number of carbonyl (C=O) groups is 1. The standard InChI is InChI=1S/C18H14ClN3O3/c1-25-11-3-4-12(14(19)9-11)17(24)10-2-5-16(23)13(8-10)15-6-7-21-18(20)22-15/h2-9,23H,1H3,(H2,20,21,22). The number of nitrogens with zero attached hydrogens (tertiary/aromatic N) is 2. The predicted molar refractivity (Wildman–Crippen MR) is 95.0 cm³/mol. The Hall–Kier alpha value is -3.12. The Balaban J connectivity index is 2.04. The molecule has 0 spiro atoms. The molecule has 2 aromatic carbocycles. The number of halogens is 1. The molecular weight excluding hydrogens is 342 g/mol. The molecule has 1 heterocycles. The normalized spacial score (nSPS) is 10.5. The summed E-state index contributed by atoms with van der Waals surface area (Å²) in [5.41, 5.74) is 7.07. The van der Waals surface area contributed by atoms with Gasteiger partial charge in [-0.3, -0.25) is 4.79 Å². The Morgan fingerprint density at radius 1 is 1.20 bits per heavy atom. The van der Waals surface area contributed by atoms with Gasteiger partial charge in [0.15, 0.2) is 5.78 Å². The van der Waals surface area contributed by atoms with Crippen LogP contribution in [-0.2, 0) is 0 Å². The van der Waals surface area contributed by atoms with Crippen LogP contribution in [0.15, 0.2) is 48.7 Å². The van der Waals surface area contributed by atoms with E-state index >= 15 is 0 Å². The smallest absolute Gasteiger partial charge is 0.220 e. The van der Waals surface area contributed by atoms with E-state index in [2.05, 4.69) is 9.97 Å². The summed E-state index contributed by atoms with van der Waals surface area (Å²) >= 11 is 6.17. The Kier molecular flexibility index (Phi) is 4.54. The van der Waals surface area contributed by atoms with Crippen LogP contribution in [0.3, 0.4) is 0 Å². The van der Waals surface area contributed by atoms with Crippen LogP contribution >= 0.6 is 11.6 Å². The molecule has 0 aliphatic carbocycles. The molecule has 0 saturated carbocycles. The number of nitrogen functional groups attached to an aromatic ring is 1. The Bertz CT molecular complexity index is 960. The van der Waals surface area contributed by atoms with Gasteiger partial charge in [0.25, 0.3) is 0 Å². The number of nitrogens with two attached hydrogens (primary N) is 1. The molecule has 6 nitrogen and oxygen atoms in total. The quantitative estimate of drug-likeness (QED) is 0.696. The first-order chi connectivity index (χ1) is 12.0. The second kappa shape index (κ2) is 6.78. The lowest BCUT2D eigenvalue weighted by molar-refractivity contribution is 0.103. The number of phenolic OH excluding ortho intramolecular Hbond substituents is 1. The summed E-state index contributed by atoms with van der Waals surface area (Å²) in [6, 6.07) is 10.9. The number of carbonyl (C=O) groups excluding carboxylic acids is 1. The number of hydrogen-bond acceptors (Lipinski definition) is 6. The summed E-state index contributed by atoms with van der Waals surface area (Å²) < 4.78 is 5.08. The minimum Gasteiger partial charge on any atom is -0.507 e. The monoisotopic (exact) mass is 355 g/mol. The Morgan fingerprint density at radius 2 is 2.00 bits per heavy atom. The molecule has 0 radical (unpaired) electrons. The molecule has 0 saturated heterocycles. The molecule has 3 aromatic rings. The van der Waals surface area contributed by atoms with Crippen molar-refractivity contribution in [3.8, 4) is 22.8 Å². The van der Waals surface area contributed by atoms with Gasteiger partial charge >= 0.3 is 0 Å². The topological polar surface area (TPSA) is 98.3 Å². The van der Waals surface area contributed by atoms with E-state index in [0.717, 1.165) is 0 Å². The van der Waals surface area contributed by atoms with Crippen LogP contribution in [0.5, 0.6) is 11.5 Å². The van der Waals surface area contributed by atoms with E-state index in [1.165, 1.54) is 25.4 Å². The fourth-order valence-corrected chi connectivity index (χ4v) is 2.63. The lowest BCUT2D eigenvalue weighted by atomic mass is 9.99. The van der Waals surface area contributed by atoms with Crippen molar-refractivity contribution in [3.63, 3.8) is 0 Å². The van der Waals surface area contributed by atoms with Crippen LogP contribution in [0, 0.1) is 0 Å². The maximum Gasteiger partial charge on any atom is 0.220 e. The molecule has 0 unspecified atom stereocenters. The zero-order valence-electron chi connectivity index (χ0n) is 13.2. The molecule has 126 valence electrons. The van der Waals surface area contributed by atoms with E-state index in [4.69, 9.17) is 22.1 Å². The van der Waals surface area contributed by atoms with Gasteiger partial charge in [-0.15, -0.1) is 0 Å². The predicted octanol–water partition coefficient (Wildman–Crippen LogP) is 3.32. The average Bonchev–Trinajstić information content (AvgIpc) is 2.61. The lowest BCUT2D eigenvalue weighted by Gasteiger charge is -2.09. The van der Waals surface area contributed by atoms with Crippen molar-refractivity contribution in [2.75, 3.05) is 12.8 Å². The molecule has 0 aliphatic rings. The third-order valence-corrected chi connectivity index (χ3v) is 3.94. The van der Waals surface area contributed by atoms with Crippen molar-refractivity contribution in [1.82, 2.24) is 9.97 Å². The van der Waals surface area contributed by atoms with Crippen LogP contribution in [-0.4, -0.2) is 28.0 Å². The number of methoxy groups -OCH3 is 1. The number of aromatic hydroxyl groups is 1. The highest BCUT2D eigenvalue weighted by molar-refractivity contribution is 6.35. The third kappa shape index (κ3) is 3.39. The second-order valence-corrected chi connectivity index (χ2v) is 5.61. The molecule has 3 N–H and O–H groups in total. The zero-order valence-corrected chi connectivity index (χ0v) is 14.0. The fraction of sp³-hybridized carbons (Fsp3) is 0.0556. The number of phenols is 1. The van der Waals surface area contributed by atoms with Gasteiger partial charge in [-0.2, -0.15) is 0 Å². The first-order valence-electron chi connectivity index (χ1n) is 7.29. The molecule has 0 bridgehead atoms. The number of hydrogen-bond donors (Lipinski definition) is 2. The fourth-order valence-electron chi connectivity index (χ4n) is 2.37. The lowest BCUT2D eigenvalue weighted by Crippen LogP contribution is -2.03. The molecule has 0 atom stereocenters. The van der Waals surface area contributed by atoms with Crippen LogP contribution in [0.2, 0.25) is 5.02 Å². The van der Waals surface area contributed by atoms with E-state index in [0.29, 0.717) is 28.1 Å². The number of aromatic nitrogens is 2. The Labute approximate surface area is 148 Å². The van der Waals surface area contributed by atoms with Crippen molar-refractivity contribution < 1.29 is 14.6 Å². The van der Waals surface area contributed by atoms with Crippen LogP contribution < -0.4 is 10.5 Å². The summed E-state index contributed by atoms with van der Waals surface area (Å²) in [7, 11) is 1.52. The first-order valence-corrected chi connectivity index (χ1v) is 7.67. The van der Waals surface area contributed by atoms with Crippen molar-refractivity contribution >= 4 is 23.3 Å². The Morgan fingerprint density at radius 3 is 2.68 bits per heavy atom. The largest absolute Gasteiger partial charge is 0.507 e. The number of ketones is 1. The van der Waals surface area contributed by atoms with Gasteiger partial charge in [0.2, 0.25) is 5.95 Å².